The van der Waals surface area contributed by atoms with Crippen LogP contribution in [-0.4, -0.2) is 35.7 Å². The summed E-state index contributed by atoms with van der Waals surface area (Å²) < 4.78 is 5.36. The van der Waals surface area contributed by atoms with E-state index in [1.165, 1.54) is 11.3 Å². The van der Waals surface area contributed by atoms with Gasteiger partial charge >= 0.3 is 0 Å². The largest absolute Gasteiger partial charge is 0.382 e. The summed E-state index contributed by atoms with van der Waals surface area (Å²) in [5.41, 5.74) is 5.66. The number of nitrogen functional groups attached to an aromatic ring is 1. The summed E-state index contributed by atoms with van der Waals surface area (Å²) in [4.78, 5) is 16.6. The first-order chi connectivity index (χ1) is 9.19. The van der Waals surface area contributed by atoms with Crippen molar-refractivity contribution in [3.63, 3.8) is 0 Å². The molecule has 0 saturated heterocycles. The second kappa shape index (κ2) is 6.90. The van der Waals surface area contributed by atoms with Gasteiger partial charge in [0.25, 0.3) is 5.91 Å². The maximum absolute atomic E-state index is 12.0. The second-order valence-electron chi connectivity index (χ2n) is 5.78. The molecule has 1 rings (SSSR count). The zero-order chi connectivity index (χ0) is 15.3. The van der Waals surface area contributed by atoms with E-state index in [0.717, 1.165) is 0 Å². The second-order valence-corrected chi connectivity index (χ2v) is 6.78. The Morgan fingerprint density at radius 2 is 2.10 bits per heavy atom. The van der Waals surface area contributed by atoms with E-state index in [2.05, 4.69) is 15.6 Å². The first kappa shape index (κ1) is 16.7. The Kier molecular flexibility index (Phi) is 5.76. The van der Waals surface area contributed by atoms with Crippen molar-refractivity contribution in [1.82, 2.24) is 10.3 Å². The molecule has 0 radical (unpaired) electrons. The number of hydrogen-bond acceptors (Lipinski definition) is 6. The third kappa shape index (κ3) is 5.75. The number of nitrogens with zero attached hydrogens (tertiary/aromatic N) is 1. The minimum absolute atomic E-state index is 0.122. The van der Waals surface area contributed by atoms with Crippen molar-refractivity contribution in [3.8, 4) is 0 Å². The molecule has 1 amide bonds. The topological polar surface area (TPSA) is 89.3 Å². The highest BCUT2D eigenvalue weighted by atomic mass is 32.1. The van der Waals surface area contributed by atoms with Crippen LogP contribution in [0.25, 0.3) is 0 Å². The van der Waals surface area contributed by atoms with Gasteiger partial charge in [-0.25, -0.2) is 4.98 Å². The average Bonchev–Trinajstić information content (AvgIpc) is 2.62. The number of anilines is 2. The highest BCUT2D eigenvalue weighted by Crippen LogP contribution is 2.26. The van der Waals surface area contributed by atoms with Crippen LogP contribution in [0.3, 0.4) is 0 Å². The lowest BCUT2D eigenvalue weighted by molar-refractivity contribution is 0.0748. The Balaban J connectivity index is 2.56. The normalized spacial score (nSPS) is 11.7. The number of rotatable bonds is 6. The predicted molar refractivity (Wildman–Crippen MR) is 83.3 cm³/mol. The number of ether oxygens (including phenoxy) is 1. The number of hydrogen-bond donors (Lipinski definition) is 3. The smallest absolute Gasteiger partial charge is 0.265 e. The predicted octanol–water partition coefficient (Wildman–Crippen LogP) is 2.09. The van der Waals surface area contributed by atoms with Crippen LogP contribution in [0.1, 0.15) is 44.3 Å². The third-order valence-corrected chi connectivity index (χ3v) is 3.17. The molecule has 6 nitrogen and oxygen atoms in total. The molecule has 0 fully saturated rings. The Hall–Kier alpha value is -1.34. The van der Waals surface area contributed by atoms with Crippen molar-refractivity contribution in [1.29, 1.82) is 0 Å². The zero-order valence-electron chi connectivity index (χ0n) is 12.7. The minimum atomic E-state index is -0.214. The molecule has 7 heteroatoms. The SMILES string of the molecule is CC(C)OCCNC(=O)c1sc(NC(C)(C)C)nc1N. The van der Waals surface area contributed by atoms with Gasteiger partial charge in [-0.05, 0) is 34.6 Å². The summed E-state index contributed by atoms with van der Waals surface area (Å²) in [6.07, 6.45) is 0.156. The lowest BCUT2D eigenvalue weighted by Gasteiger charge is -2.19. The number of nitrogens with two attached hydrogens (primary N) is 1. The van der Waals surface area contributed by atoms with Gasteiger partial charge in [-0.2, -0.15) is 0 Å². The van der Waals surface area contributed by atoms with Crippen LogP contribution < -0.4 is 16.4 Å². The molecule has 0 bridgehead atoms. The van der Waals surface area contributed by atoms with Gasteiger partial charge in [-0.1, -0.05) is 11.3 Å². The van der Waals surface area contributed by atoms with Crippen molar-refractivity contribution in [2.45, 2.75) is 46.3 Å². The van der Waals surface area contributed by atoms with E-state index in [4.69, 9.17) is 10.5 Å². The maximum atomic E-state index is 12.0. The molecule has 0 aromatic carbocycles. The van der Waals surface area contributed by atoms with Crippen molar-refractivity contribution >= 4 is 28.2 Å². The van der Waals surface area contributed by atoms with Gasteiger partial charge in [0.1, 0.15) is 10.7 Å². The molecular formula is C13H24N4O2S. The molecule has 1 aromatic rings. The molecule has 0 aliphatic carbocycles. The first-order valence-corrected chi connectivity index (χ1v) is 7.45. The van der Waals surface area contributed by atoms with Gasteiger partial charge in [0.2, 0.25) is 0 Å². The Labute approximate surface area is 124 Å². The van der Waals surface area contributed by atoms with Crippen LogP contribution in [0.4, 0.5) is 10.9 Å². The van der Waals surface area contributed by atoms with Crippen molar-refractivity contribution in [2.24, 2.45) is 0 Å². The van der Waals surface area contributed by atoms with E-state index < -0.39 is 0 Å². The van der Waals surface area contributed by atoms with Gasteiger partial charge in [0.15, 0.2) is 5.13 Å². The maximum Gasteiger partial charge on any atom is 0.265 e. The molecule has 0 saturated carbocycles. The lowest BCUT2D eigenvalue weighted by atomic mass is 10.1. The molecule has 0 aliphatic heterocycles. The molecule has 0 aliphatic rings. The van der Waals surface area contributed by atoms with Crippen LogP contribution in [0.5, 0.6) is 0 Å². The van der Waals surface area contributed by atoms with Crippen molar-refractivity contribution in [3.05, 3.63) is 4.88 Å². The monoisotopic (exact) mass is 300 g/mol. The summed E-state index contributed by atoms with van der Waals surface area (Å²) in [6.45, 7) is 10.9. The van der Waals surface area contributed by atoms with Gasteiger partial charge in [0.05, 0.1) is 12.7 Å². The summed E-state index contributed by atoms with van der Waals surface area (Å²) in [6, 6.07) is 0. The fourth-order valence-corrected chi connectivity index (χ4v) is 2.42. The summed E-state index contributed by atoms with van der Waals surface area (Å²) in [7, 11) is 0. The van der Waals surface area contributed by atoms with E-state index in [1.54, 1.807) is 0 Å². The van der Waals surface area contributed by atoms with Crippen molar-refractivity contribution in [2.75, 3.05) is 24.2 Å². The van der Waals surface area contributed by atoms with Crippen LogP contribution in [0, 0.1) is 0 Å². The van der Waals surface area contributed by atoms with E-state index in [-0.39, 0.29) is 23.4 Å². The van der Waals surface area contributed by atoms with Crippen LogP contribution >= 0.6 is 11.3 Å². The highest BCUT2D eigenvalue weighted by molar-refractivity contribution is 7.18. The molecule has 0 atom stereocenters. The Bertz CT molecular complexity index is 452. The molecule has 4 N–H and O–H groups in total. The van der Waals surface area contributed by atoms with E-state index in [0.29, 0.717) is 23.2 Å². The number of amides is 1. The summed E-state index contributed by atoms with van der Waals surface area (Å²) in [5.74, 6) is 0.0401. The molecule has 0 unspecified atom stereocenters. The molecule has 1 aromatic heterocycles. The molecular weight excluding hydrogens is 276 g/mol. The third-order valence-electron chi connectivity index (χ3n) is 2.18. The molecule has 1 heterocycles. The van der Waals surface area contributed by atoms with Crippen LogP contribution in [0.2, 0.25) is 0 Å². The molecule has 114 valence electrons. The van der Waals surface area contributed by atoms with Gasteiger partial charge in [0, 0.05) is 12.1 Å². The number of thiazole rings is 1. The molecule has 20 heavy (non-hydrogen) atoms. The number of aromatic nitrogens is 1. The Morgan fingerprint density at radius 1 is 1.45 bits per heavy atom. The fourth-order valence-electron chi connectivity index (χ4n) is 1.41. The average molecular weight is 300 g/mol. The van der Waals surface area contributed by atoms with Gasteiger partial charge in [-0.3, -0.25) is 4.79 Å². The van der Waals surface area contributed by atoms with Gasteiger partial charge < -0.3 is 21.1 Å². The van der Waals surface area contributed by atoms with Gasteiger partial charge in [-0.15, -0.1) is 0 Å². The number of carbonyl (C=O) groups is 1. The highest BCUT2D eigenvalue weighted by Gasteiger charge is 2.18. The number of carbonyl (C=O) groups excluding carboxylic acids is 1. The van der Waals surface area contributed by atoms with E-state index in [9.17, 15) is 4.79 Å². The van der Waals surface area contributed by atoms with E-state index >= 15 is 0 Å². The van der Waals surface area contributed by atoms with Crippen LogP contribution in [-0.2, 0) is 4.74 Å². The van der Waals surface area contributed by atoms with Crippen LogP contribution in [0.15, 0.2) is 0 Å². The quantitative estimate of drug-likeness (QED) is 0.700. The summed E-state index contributed by atoms with van der Waals surface area (Å²) >= 11 is 1.26. The van der Waals surface area contributed by atoms with E-state index in [1.807, 2.05) is 34.6 Å². The summed E-state index contributed by atoms with van der Waals surface area (Å²) in [5, 5.41) is 6.62. The lowest BCUT2D eigenvalue weighted by Crippen LogP contribution is -2.28. The first-order valence-electron chi connectivity index (χ1n) is 6.63. The Morgan fingerprint density at radius 3 is 2.65 bits per heavy atom. The number of nitrogens with one attached hydrogen (secondary N) is 2. The minimum Gasteiger partial charge on any atom is -0.382 e. The fraction of sp³-hybridized carbons (Fsp3) is 0.692. The molecule has 0 spiro atoms. The zero-order valence-corrected chi connectivity index (χ0v) is 13.6. The van der Waals surface area contributed by atoms with Crippen molar-refractivity contribution < 1.29 is 9.53 Å². The standard InChI is InChI=1S/C13H24N4O2S/c1-8(2)19-7-6-15-11(18)9-10(14)16-12(20-9)17-13(3,4)5/h8H,6-7,14H2,1-5H3,(H,15,18)(H,16,17).